The van der Waals surface area contributed by atoms with Crippen LogP contribution in [0, 0.1) is 10.7 Å². The van der Waals surface area contributed by atoms with Crippen molar-refractivity contribution in [1.82, 2.24) is 19.9 Å². The maximum Gasteiger partial charge on any atom is 0.0895 e. The van der Waals surface area contributed by atoms with Crippen molar-refractivity contribution in [2.24, 2.45) is 9.98 Å². The quantitative estimate of drug-likeness (QED) is 0.341. The van der Waals surface area contributed by atoms with Crippen molar-refractivity contribution < 1.29 is 0 Å². The van der Waals surface area contributed by atoms with Gasteiger partial charge in [0.1, 0.15) is 0 Å². The zero-order chi connectivity index (χ0) is 21.1. The van der Waals surface area contributed by atoms with Crippen molar-refractivity contribution in [2.75, 3.05) is 0 Å². The molecular formula is C26H18N6. The van der Waals surface area contributed by atoms with Crippen molar-refractivity contribution in [1.29, 1.82) is 0 Å². The minimum atomic E-state index is 0.868. The van der Waals surface area contributed by atoms with E-state index in [1.54, 1.807) is 0 Å². The number of allylic oxidation sites excluding steroid dienone is 4. The van der Waals surface area contributed by atoms with Gasteiger partial charge in [0.05, 0.1) is 44.9 Å². The highest BCUT2D eigenvalue weighted by atomic mass is 14.9. The number of aromatic nitrogens is 4. The molecular weight excluding hydrogens is 396 g/mol. The number of aliphatic imine (C=N–C) groups is 2. The molecule has 12 bridgehead atoms. The molecule has 6 nitrogen and oxygen atoms in total. The van der Waals surface area contributed by atoms with Gasteiger partial charge in [0.2, 0.25) is 0 Å². The molecule has 0 atom stereocenters. The average molecular weight is 414 g/mol. The van der Waals surface area contributed by atoms with E-state index in [2.05, 4.69) is 80.6 Å². The third-order valence-electron chi connectivity index (χ3n) is 5.84. The van der Waals surface area contributed by atoms with Crippen LogP contribution in [0.2, 0.25) is 0 Å². The maximum absolute atomic E-state index is 4.80. The third-order valence-corrected chi connectivity index (χ3v) is 5.84. The van der Waals surface area contributed by atoms with E-state index in [0.717, 1.165) is 67.0 Å². The molecule has 3 aliphatic rings. The van der Waals surface area contributed by atoms with Crippen LogP contribution in [0.5, 0.6) is 0 Å². The van der Waals surface area contributed by atoms with Gasteiger partial charge >= 0.3 is 0 Å². The van der Waals surface area contributed by atoms with Crippen LogP contribution in [0.25, 0.3) is 12.2 Å². The summed E-state index contributed by atoms with van der Waals surface area (Å²) in [6, 6.07) is 16.6. The normalized spacial score (nSPS) is 16.0. The lowest BCUT2D eigenvalue weighted by molar-refractivity contribution is 1.17. The minimum absolute atomic E-state index is 0.868. The fraction of sp³-hybridized carbons (Fsp3) is 0. The number of nitrogens with zero attached hydrogens (tertiary/aromatic N) is 2. The van der Waals surface area contributed by atoms with Gasteiger partial charge in [-0.3, -0.25) is 0 Å². The van der Waals surface area contributed by atoms with Crippen LogP contribution in [0.4, 0.5) is 0 Å². The summed E-state index contributed by atoms with van der Waals surface area (Å²) in [7, 11) is 0. The first kappa shape index (κ1) is 17.1. The number of hydrogen-bond donors (Lipinski definition) is 4. The van der Waals surface area contributed by atoms with Crippen molar-refractivity contribution in [3.05, 3.63) is 128 Å². The predicted octanol–water partition coefficient (Wildman–Crippen LogP) is 2.89. The van der Waals surface area contributed by atoms with Crippen LogP contribution in [0.3, 0.4) is 0 Å². The molecule has 3 aliphatic heterocycles. The summed E-state index contributed by atoms with van der Waals surface area (Å²) in [5.74, 6) is 0. The van der Waals surface area contributed by atoms with Gasteiger partial charge in [0.15, 0.2) is 0 Å². The molecule has 7 rings (SSSR count). The number of rotatable bonds is 0. The lowest BCUT2D eigenvalue weighted by Gasteiger charge is -1.96. The Kier molecular flexibility index (Phi) is 3.46. The Labute approximate surface area is 182 Å². The number of fused-ring (bicyclic) bond motifs is 12. The molecule has 0 fully saturated rings. The first-order valence-corrected chi connectivity index (χ1v) is 10.5. The van der Waals surface area contributed by atoms with Crippen molar-refractivity contribution in [3.63, 3.8) is 0 Å². The van der Waals surface area contributed by atoms with Crippen LogP contribution in [-0.2, 0) is 0 Å². The zero-order valence-electron chi connectivity index (χ0n) is 17.0. The van der Waals surface area contributed by atoms with E-state index in [1.807, 2.05) is 24.3 Å². The lowest BCUT2D eigenvalue weighted by atomic mass is 10.2. The molecule has 0 unspecified atom stereocenters. The highest BCUT2D eigenvalue weighted by Gasteiger charge is 2.15. The van der Waals surface area contributed by atoms with E-state index in [-0.39, 0.29) is 0 Å². The highest BCUT2D eigenvalue weighted by molar-refractivity contribution is 6.12. The molecule has 0 radical (unpaired) electrons. The molecule has 152 valence electrons. The second-order valence-corrected chi connectivity index (χ2v) is 8.03. The lowest BCUT2D eigenvalue weighted by Crippen LogP contribution is -2.02. The van der Waals surface area contributed by atoms with Crippen LogP contribution in [-0.4, -0.2) is 31.4 Å². The number of H-pyrrole nitrogens is 4. The summed E-state index contributed by atoms with van der Waals surface area (Å²) in [6.45, 7) is 0. The highest BCUT2D eigenvalue weighted by Crippen LogP contribution is 2.24. The van der Waals surface area contributed by atoms with E-state index >= 15 is 0 Å². The predicted molar refractivity (Wildman–Crippen MR) is 126 cm³/mol. The monoisotopic (exact) mass is 414 g/mol. The maximum atomic E-state index is 4.80. The summed E-state index contributed by atoms with van der Waals surface area (Å²) in [5, 5.41) is 4.14. The summed E-state index contributed by atoms with van der Waals surface area (Å²) < 4.78 is 0. The van der Waals surface area contributed by atoms with Crippen LogP contribution >= 0.6 is 0 Å². The molecule has 6 heteroatoms. The van der Waals surface area contributed by atoms with E-state index in [4.69, 9.17) is 9.98 Å². The first-order valence-electron chi connectivity index (χ1n) is 10.5. The van der Waals surface area contributed by atoms with E-state index in [9.17, 15) is 0 Å². The smallest absolute Gasteiger partial charge is 0.0895 e. The molecule has 4 aromatic rings. The summed E-state index contributed by atoms with van der Waals surface area (Å²) in [4.78, 5) is 23.5. The third kappa shape index (κ3) is 2.81. The summed E-state index contributed by atoms with van der Waals surface area (Å²) >= 11 is 0. The standard InChI is InChI=1S/C26H18N6/c1-5-19-20-6-2-16(28-20)14-18-4-8-22(30-18)24-10-12-26(32-24)25-11-9-23(31-25)21-7-3-17(29-21)13-15(1)27-19/h1-14,27-30H. The Morgan fingerprint density at radius 1 is 0.469 bits per heavy atom. The molecule has 0 spiro atoms. The van der Waals surface area contributed by atoms with Crippen molar-refractivity contribution >= 4 is 23.6 Å². The first-order chi connectivity index (χ1) is 15.8. The molecule has 0 saturated heterocycles. The van der Waals surface area contributed by atoms with Crippen molar-refractivity contribution in [3.8, 4) is 0 Å². The molecule has 32 heavy (non-hydrogen) atoms. The van der Waals surface area contributed by atoms with Crippen LogP contribution in [0.1, 0.15) is 22.8 Å². The van der Waals surface area contributed by atoms with Gasteiger partial charge in [0.25, 0.3) is 0 Å². The fourth-order valence-corrected chi connectivity index (χ4v) is 4.24. The SMILES string of the molecule is C1=CC2=C3C=CC(=N3)c3ccc([nH]3)C=c3ccc([nH]3)=c3ccc([nH]3)=Cc3ccc([nH]3)C1=N2. The molecule has 0 amide bonds. The van der Waals surface area contributed by atoms with E-state index in [0.29, 0.717) is 0 Å². The van der Waals surface area contributed by atoms with Gasteiger partial charge in [-0.15, -0.1) is 0 Å². The Balaban J connectivity index is 1.47. The summed E-state index contributed by atoms with van der Waals surface area (Å²) in [6.07, 6.45) is 12.3. The van der Waals surface area contributed by atoms with Gasteiger partial charge in [-0.1, -0.05) is 0 Å². The fourth-order valence-electron chi connectivity index (χ4n) is 4.24. The topological polar surface area (TPSA) is 87.9 Å². The van der Waals surface area contributed by atoms with E-state index in [1.165, 1.54) is 0 Å². The van der Waals surface area contributed by atoms with Gasteiger partial charge in [0, 0.05) is 22.1 Å². The molecule has 0 aliphatic carbocycles. The molecule has 0 saturated carbocycles. The van der Waals surface area contributed by atoms with Gasteiger partial charge in [-0.25, -0.2) is 9.98 Å². The van der Waals surface area contributed by atoms with Gasteiger partial charge < -0.3 is 19.9 Å². The van der Waals surface area contributed by atoms with E-state index < -0.39 is 0 Å². The molecule has 4 N–H and O–H groups in total. The van der Waals surface area contributed by atoms with Crippen LogP contribution < -0.4 is 10.7 Å². The number of hydrogen-bond acceptors (Lipinski definition) is 2. The second-order valence-electron chi connectivity index (χ2n) is 8.03. The second kappa shape index (κ2) is 6.46. The minimum Gasteiger partial charge on any atom is -0.354 e. The largest absolute Gasteiger partial charge is 0.354 e. The zero-order valence-corrected chi connectivity index (χ0v) is 17.0. The summed E-state index contributed by atoms with van der Waals surface area (Å²) in [5.41, 5.74) is 7.54. The van der Waals surface area contributed by atoms with Gasteiger partial charge in [-0.2, -0.15) is 0 Å². The molecule has 0 aromatic carbocycles. The van der Waals surface area contributed by atoms with Crippen molar-refractivity contribution in [2.45, 2.75) is 0 Å². The Morgan fingerprint density at radius 3 is 1.47 bits per heavy atom. The number of aromatic amines is 4. The number of nitrogens with one attached hydrogen (secondary N) is 4. The Morgan fingerprint density at radius 2 is 0.969 bits per heavy atom. The Bertz CT molecular complexity index is 1640. The Hall–Kier alpha value is -4.58. The average Bonchev–Trinajstić information content (AvgIpc) is 3.62. The molecule has 7 heterocycles. The van der Waals surface area contributed by atoms with Crippen LogP contribution in [0.15, 0.2) is 94.2 Å². The van der Waals surface area contributed by atoms with Gasteiger partial charge in [-0.05, 0) is 85.0 Å². The molecule has 4 aromatic heterocycles.